The Morgan fingerprint density at radius 1 is 0.905 bits per heavy atom. The van der Waals surface area contributed by atoms with Crippen molar-refractivity contribution in [2.75, 3.05) is 0 Å². The number of rotatable bonds is 3. The van der Waals surface area contributed by atoms with E-state index in [-0.39, 0.29) is 5.56 Å². The molecular weight excluding hydrogens is 291 g/mol. The lowest BCUT2D eigenvalue weighted by atomic mass is 10.1. The summed E-state index contributed by atoms with van der Waals surface area (Å²) in [6.07, 6.45) is -4.12. The Bertz CT molecular complexity index is 682. The monoisotopic (exact) mass is 302 g/mol. The highest BCUT2D eigenvalue weighted by atomic mass is 19.3. The molecule has 0 atom stereocenters. The summed E-state index contributed by atoms with van der Waals surface area (Å²) in [6, 6.07) is 4.97. The number of halogens is 5. The maximum absolute atomic E-state index is 13.9. The van der Waals surface area contributed by atoms with E-state index in [1.807, 2.05) is 0 Å². The van der Waals surface area contributed by atoms with Crippen LogP contribution in [-0.4, -0.2) is 0 Å². The zero-order chi connectivity index (χ0) is 15.8. The summed E-state index contributed by atoms with van der Waals surface area (Å²) in [5.74, 6) is -4.99. The highest BCUT2D eigenvalue weighted by Crippen LogP contribution is 2.35. The van der Waals surface area contributed by atoms with Gasteiger partial charge in [0.05, 0.1) is 5.56 Å². The normalized spacial score (nSPS) is 11.6. The molecule has 0 aliphatic carbocycles. The molecule has 0 saturated heterocycles. The van der Waals surface area contributed by atoms with E-state index in [2.05, 4.69) is 4.74 Å². The van der Waals surface area contributed by atoms with Gasteiger partial charge in [-0.25, -0.2) is 8.78 Å². The molecule has 0 radical (unpaired) electrons. The molecule has 2 aromatic rings. The molecule has 0 heterocycles. The second-order valence-corrected chi connectivity index (χ2v) is 4.61. The van der Waals surface area contributed by atoms with E-state index in [9.17, 15) is 22.0 Å². The molecule has 21 heavy (non-hydrogen) atoms. The number of benzene rings is 2. The smallest absolute Gasteiger partial charge is 0.426 e. The minimum absolute atomic E-state index is 0.0512. The number of ether oxygens (including phenoxy) is 1. The molecule has 2 aromatic carbocycles. The lowest BCUT2D eigenvalue weighted by Gasteiger charge is -2.19. The van der Waals surface area contributed by atoms with Crippen molar-refractivity contribution < 1.29 is 26.7 Å². The van der Waals surface area contributed by atoms with Crippen LogP contribution in [0.3, 0.4) is 0 Å². The van der Waals surface area contributed by atoms with Gasteiger partial charge in [0.1, 0.15) is 5.82 Å². The van der Waals surface area contributed by atoms with Crippen molar-refractivity contribution in [2.45, 2.75) is 20.0 Å². The van der Waals surface area contributed by atoms with Crippen molar-refractivity contribution in [1.29, 1.82) is 0 Å². The van der Waals surface area contributed by atoms with Crippen LogP contribution in [0.25, 0.3) is 0 Å². The molecule has 0 aliphatic heterocycles. The third kappa shape index (κ3) is 2.99. The van der Waals surface area contributed by atoms with Gasteiger partial charge in [-0.15, -0.1) is 0 Å². The molecule has 0 saturated carbocycles. The van der Waals surface area contributed by atoms with Crippen molar-refractivity contribution in [2.24, 2.45) is 0 Å². The van der Waals surface area contributed by atoms with E-state index in [0.717, 1.165) is 24.3 Å². The Labute approximate surface area is 118 Å². The van der Waals surface area contributed by atoms with Crippen LogP contribution in [0.2, 0.25) is 0 Å². The maximum atomic E-state index is 13.9. The lowest BCUT2D eigenvalue weighted by Crippen LogP contribution is -2.24. The average Bonchev–Trinajstić information content (AvgIpc) is 2.39. The first kappa shape index (κ1) is 15.3. The summed E-state index contributed by atoms with van der Waals surface area (Å²) in [6.45, 7) is 2.81. The van der Waals surface area contributed by atoms with Gasteiger partial charge in [-0.05, 0) is 43.2 Å². The number of alkyl halides is 2. The molecular formula is C15H11F5O. The van der Waals surface area contributed by atoms with Crippen LogP contribution < -0.4 is 4.74 Å². The van der Waals surface area contributed by atoms with E-state index in [1.165, 1.54) is 19.9 Å². The summed E-state index contributed by atoms with van der Waals surface area (Å²) >= 11 is 0. The van der Waals surface area contributed by atoms with Gasteiger partial charge >= 0.3 is 6.11 Å². The predicted molar refractivity (Wildman–Crippen MR) is 66.8 cm³/mol. The van der Waals surface area contributed by atoms with E-state index < -0.39 is 34.9 Å². The standard InChI is InChI=1S/C15H11F5O/c1-8-3-5-10(11(16)7-8)15(19,20)21-12-6-4-9(2)13(17)14(12)18/h3-7H,1-2H3. The van der Waals surface area contributed by atoms with Crippen LogP contribution in [0.5, 0.6) is 5.75 Å². The number of hydrogen-bond acceptors (Lipinski definition) is 1. The van der Waals surface area contributed by atoms with Crippen LogP contribution in [0, 0.1) is 31.3 Å². The highest BCUT2D eigenvalue weighted by Gasteiger charge is 2.38. The van der Waals surface area contributed by atoms with E-state index >= 15 is 0 Å². The van der Waals surface area contributed by atoms with Gasteiger partial charge in [0.25, 0.3) is 0 Å². The van der Waals surface area contributed by atoms with E-state index in [1.54, 1.807) is 0 Å². The zero-order valence-electron chi connectivity index (χ0n) is 11.2. The number of aryl methyl sites for hydroxylation is 2. The quantitative estimate of drug-likeness (QED) is 0.737. The fourth-order valence-electron chi connectivity index (χ4n) is 1.76. The molecule has 0 unspecified atom stereocenters. The molecule has 1 nitrogen and oxygen atoms in total. The van der Waals surface area contributed by atoms with Crippen molar-refractivity contribution in [3.05, 3.63) is 64.5 Å². The summed E-state index contributed by atoms with van der Waals surface area (Å²) in [5.41, 5.74) is -0.655. The van der Waals surface area contributed by atoms with Crippen LogP contribution in [0.4, 0.5) is 22.0 Å². The SMILES string of the molecule is Cc1ccc(C(F)(F)Oc2ccc(C)c(F)c2F)c(F)c1. The Morgan fingerprint density at radius 2 is 1.57 bits per heavy atom. The predicted octanol–water partition coefficient (Wildman–Crippen LogP) is 4.85. The molecule has 0 bridgehead atoms. The lowest BCUT2D eigenvalue weighted by molar-refractivity contribution is -0.189. The van der Waals surface area contributed by atoms with Gasteiger partial charge in [-0.1, -0.05) is 12.1 Å². The van der Waals surface area contributed by atoms with Gasteiger partial charge < -0.3 is 4.74 Å². The Kier molecular flexibility index (Phi) is 3.89. The molecule has 0 spiro atoms. The fraction of sp³-hybridized carbons (Fsp3) is 0.200. The molecule has 0 aromatic heterocycles. The summed E-state index contributed by atoms with van der Waals surface area (Å²) < 4.78 is 72.4. The first-order valence-corrected chi connectivity index (χ1v) is 6.00. The molecule has 0 amide bonds. The second kappa shape index (κ2) is 5.35. The third-order valence-electron chi connectivity index (χ3n) is 2.92. The van der Waals surface area contributed by atoms with Gasteiger partial charge in [0.2, 0.25) is 5.82 Å². The van der Waals surface area contributed by atoms with Crippen LogP contribution >= 0.6 is 0 Å². The van der Waals surface area contributed by atoms with Crippen molar-refractivity contribution >= 4 is 0 Å². The minimum Gasteiger partial charge on any atom is -0.426 e. The van der Waals surface area contributed by atoms with Crippen molar-refractivity contribution in [1.82, 2.24) is 0 Å². The van der Waals surface area contributed by atoms with E-state index in [4.69, 9.17) is 0 Å². The van der Waals surface area contributed by atoms with Gasteiger partial charge in [0, 0.05) is 0 Å². The molecule has 6 heteroatoms. The van der Waals surface area contributed by atoms with Crippen molar-refractivity contribution in [3.8, 4) is 5.75 Å². The molecule has 0 N–H and O–H groups in total. The Hall–Kier alpha value is -2.11. The minimum atomic E-state index is -4.12. The highest BCUT2D eigenvalue weighted by molar-refractivity contribution is 5.32. The first-order chi connectivity index (χ1) is 9.72. The van der Waals surface area contributed by atoms with Gasteiger partial charge in [-0.2, -0.15) is 13.2 Å². The van der Waals surface area contributed by atoms with E-state index in [0.29, 0.717) is 5.56 Å². The Morgan fingerprint density at radius 3 is 2.19 bits per heavy atom. The fourth-order valence-corrected chi connectivity index (χ4v) is 1.76. The zero-order valence-corrected chi connectivity index (χ0v) is 11.2. The largest absolute Gasteiger partial charge is 0.429 e. The van der Waals surface area contributed by atoms with Crippen LogP contribution in [0.15, 0.2) is 30.3 Å². The van der Waals surface area contributed by atoms with Gasteiger partial charge in [-0.3, -0.25) is 0 Å². The number of hydrogen-bond donors (Lipinski definition) is 0. The summed E-state index contributed by atoms with van der Waals surface area (Å²) in [4.78, 5) is 0. The van der Waals surface area contributed by atoms with Crippen molar-refractivity contribution in [3.63, 3.8) is 0 Å². The molecule has 112 valence electrons. The van der Waals surface area contributed by atoms with Crippen LogP contribution in [-0.2, 0) is 6.11 Å². The second-order valence-electron chi connectivity index (χ2n) is 4.61. The average molecular weight is 302 g/mol. The first-order valence-electron chi connectivity index (χ1n) is 6.00. The summed E-state index contributed by atoms with van der Waals surface area (Å²) in [7, 11) is 0. The molecule has 2 rings (SSSR count). The maximum Gasteiger partial charge on any atom is 0.429 e. The molecule has 0 aliphatic rings. The summed E-state index contributed by atoms with van der Waals surface area (Å²) in [5, 5.41) is 0. The third-order valence-corrected chi connectivity index (χ3v) is 2.92. The van der Waals surface area contributed by atoms with Gasteiger partial charge in [0.15, 0.2) is 11.6 Å². The molecule has 0 fully saturated rings. The Balaban J connectivity index is 2.39. The topological polar surface area (TPSA) is 9.23 Å². The van der Waals surface area contributed by atoms with Crippen LogP contribution in [0.1, 0.15) is 16.7 Å².